The van der Waals surface area contributed by atoms with Gasteiger partial charge in [0.05, 0.1) is 27.0 Å². The number of rotatable bonds is 10. The number of hydrazone groups is 1. The molecule has 0 spiro atoms. The quantitative estimate of drug-likeness (QED) is 0.331. The van der Waals surface area contributed by atoms with E-state index in [9.17, 15) is 4.79 Å². The van der Waals surface area contributed by atoms with E-state index in [2.05, 4.69) is 10.5 Å². The van der Waals surface area contributed by atoms with Crippen molar-refractivity contribution >= 4 is 23.7 Å². The Bertz CT molecular complexity index is 1130. The van der Waals surface area contributed by atoms with Gasteiger partial charge in [0.25, 0.3) is 5.91 Å². The van der Waals surface area contributed by atoms with Gasteiger partial charge in [-0.25, -0.2) is 5.43 Å². The fourth-order valence-electron chi connectivity index (χ4n) is 2.99. The van der Waals surface area contributed by atoms with Crippen LogP contribution in [0.2, 0.25) is 5.02 Å². The summed E-state index contributed by atoms with van der Waals surface area (Å²) in [6.45, 7) is 2.67. The van der Waals surface area contributed by atoms with E-state index in [4.69, 9.17) is 30.5 Å². The lowest BCUT2D eigenvalue weighted by Gasteiger charge is -2.11. The second kappa shape index (κ2) is 11.8. The maximum absolute atomic E-state index is 12.4. The van der Waals surface area contributed by atoms with Crippen LogP contribution in [0.4, 0.5) is 0 Å². The number of carbonyl (C=O) groups is 1. The zero-order chi connectivity index (χ0) is 23.6. The molecular weight excluding hydrogens is 444 g/mol. The molecule has 0 aliphatic carbocycles. The smallest absolute Gasteiger partial charge is 0.271 e. The van der Waals surface area contributed by atoms with Gasteiger partial charge < -0.3 is 18.9 Å². The third-order valence-electron chi connectivity index (χ3n) is 4.58. The maximum atomic E-state index is 12.4. The molecule has 3 aromatic carbocycles. The molecule has 172 valence electrons. The molecule has 0 saturated heterocycles. The number of benzene rings is 3. The van der Waals surface area contributed by atoms with Crippen molar-refractivity contribution in [2.45, 2.75) is 13.5 Å². The van der Waals surface area contributed by atoms with E-state index in [-0.39, 0.29) is 5.91 Å². The summed E-state index contributed by atoms with van der Waals surface area (Å²) in [6.07, 6.45) is 1.52. The highest BCUT2D eigenvalue weighted by molar-refractivity contribution is 6.30. The zero-order valence-electron chi connectivity index (χ0n) is 18.6. The molecule has 0 heterocycles. The Hall–Kier alpha value is -3.71. The minimum atomic E-state index is -0.372. The number of nitrogens with zero attached hydrogens (tertiary/aromatic N) is 1. The molecule has 1 N–H and O–H groups in total. The average molecular weight is 469 g/mol. The van der Waals surface area contributed by atoms with Crippen molar-refractivity contribution in [3.05, 3.63) is 82.4 Å². The van der Waals surface area contributed by atoms with Crippen molar-refractivity contribution in [3.8, 4) is 23.0 Å². The summed E-state index contributed by atoms with van der Waals surface area (Å²) in [5.41, 5.74) is 4.59. The minimum absolute atomic E-state index is 0.353. The van der Waals surface area contributed by atoms with Crippen molar-refractivity contribution in [2.75, 3.05) is 20.8 Å². The van der Waals surface area contributed by atoms with Crippen LogP contribution in [0.3, 0.4) is 0 Å². The summed E-state index contributed by atoms with van der Waals surface area (Å²) in [5.74, 6) is 1.81. The molecule has 0 fully saturated rings. The molecule has 0 aliphatic heterocycles. The molecule has 3 aromatic rings. The summed E-state index contributed by atoms with van der Waals surface area (Å²) in [7, 11) is 3.10. The van der Waals surface area contributed by atoms with E-state index in [1.54, 1.807) is 44.6 Å². The lowest BCUT2D eigenvalue weighted by Crippen LogP contribution is -2.17. The fourth-order valence-corrected chi connectivity index (χ4v) is 3.20. The third kappa shape index (κ3) is 6.63. The Morgan fingerprint density at radius 2 is 1.73 bits per heavy atom. The second-order valence-corrected chi connectivity index (χ2v) is 7.26. The molecule has 0 radical (unpaired) electrons. The molecule has 0 aromatic heterocycles. The lowest BCUT2D eigenvalue weighted by molar-refractivity contribution is 0.0954. The van der Waals surface area contributed by atoms with E-state index in [1.165, 1.54) is 6.21 Å². The minimum Gasteiger partial charge on any atom is -0.493 e. The van der Waals surface area contributed by atoms with E-state index < -0.39 is 0 Å². The molecule has 3 rings (SSSR count). The Balaban J connectivity index is 1.64. The van der Waals surface area contributed by atoms with Crippen LogP contribution < -0.4 is 24.4 Å². The standard InChI is InChI=1S/C25H25ClN2O5/c1-4-32-24-14-19(9-11-21(24)30-2)25(29)28-27-15-17-8-10-22(23(13-17)31-3)33-16-18-6-5-7-20(26)12-18/h5-15H,4,16H2,1-3H3,(H,28,29)/b27-15+. The largest absolute Gasteiger partial charge is 0.493 e. The van der Waals surface area contributed by atoms with Gasteiger partial charge in [-0.15, -0.1) is 0 Å². The molecule has 0 saturated carbocycles. The first-order valence-electron chi connectivity index (χ1n) is 10.2. The lowest BCUT2D eigenvalue weighted by atomic mass is 10.2. The van der Waals surface area contributed by atoms with Gasteiger partial charge in [-0.1, -0.05) is 23.7 Å². The fraction of sp³-hybridized carbons (Fsp3) is 0.200. The van der Waals surface area contributed by atoms with Gasteiger partial charge in [0.2, 0.25) is 0 Å². The summed E-state index contributed by atoms with van der Waals surface area (Å²) < 4.78 is 22.0. The monoisotopic (exact) mass is 468 g/mol. The van der Waals surface area contributed by atoms with Gasteiger partial charge in [-0.3, -0.25) is 4.79 Å². The Kier molecular flexibility index (Phi) is 8.55. The maximum Gasteiger partial charge on any atom is 0.271 e. The van der Waals surface area contributed by atoms with E-state index in [0.29, 0.717) is 46.8 Å². The topological polar surface area (TPSA) is 78.4 Å². The van der Waals surface area contributed by atoms with Crippen LogP contribution >= 0.6 is 11.6 Å². The molecule has 0 bridgehead atoms. The van der Waals surface area contributed by atoms with Gasteiger partial charge in [0.15, 0.2) is 23.0 Å². The summed E-state index contributed by atoms with van der Waals surface area (Å²) in [6, 6.07) is 17.8. The number of methoxy groups -OCH3 is 2. The second-order valence-electron chi connectivity index (χ2n) is 6.83. The van der Waals surface area contributed by atoms with E-state index >= 15 is 0 Å². The predicted octanol–water partition coefficient (Wildman–Crippen LogP) is 5.10. The summed E-state index contributed by atoms with van der Waals surface area (Å²) in [5, 5.41) is 4.69. The number of nitrogens with one attached hydrogen (secondary N) is 1. The van der Waals surface area contributed by atoms with Gasteiger partial charge in [-0.2, -0.15) is 5.10 Å². The summed E-state index contributed by atoms with van der Waals surface area (Å²) >= 11 is 6.01. The number of hydrogen-bond acceptors (Lipinski definition) is 6. The molecule has 0 unspecified atom stereocenters. The molecule has 0 atom stereocenters. The molecule has 0 aliphatic rings. The molecule has 1 amide bonds. The summed E-state index contributed by atoms with van der Waals surface area (Å²) in [4.78, 5) is 12.4. The Labute approximate surface area is 197 Å². The number of amides is 1. The van der Waals surface area contributed by atoms with Crippen molar-refractivity contribution < 1.29 is 23.7 Å². The number of hydrogen-bond donors (Lipinski definition) is 1. The number of carbonyl (C=O) groups excluding carboxylic acids is 1. The predicted molar refractivity (Wildman–Crippen MR) is 128 cm³/mol. The van der Waals surface area contributed by atoms with Crippen molar-refractivity contribution in [2.24, 2.45) is 5.10 Å². The van der Waals surface area contributed by atoms with Gasteiger partial charge in [0, 0.05) is 10.6 Å². The van der Waals surface area contributed by atoms with Gasteiger partial charge in [-0.05, 0) is 66.6 Å². The van der Waals surface area contributed by atoms with Crippen LogP contribution in [-0.4, -0.2) is 32.9 Å². The van der Waals surface area contributed by atoms with Crippen LogP contribution in [0, 0.1) is 0 Å². The van der Waals surface area contributed by atoms with E-state index in [0.717, 1.165) is 11.1 Å². The van der Waals surface area contributed by atoms with Crippen LogP contribution in [0.15, 0.2) is 65.8 Å². The van der Waals surface area contributed by atoms with Gasteiger partial charge in [0.1, 0.15) is 6.61 Å². The Morgan fingerprint density at radius 1 is 0.939 bits per heavy atom. The number of ether oxygens (including phenoxy) is 4. The first-order chi connectivity index (χ1) is 16.0. The highest BCUT2D eigenvalue weighted by Crippen LogP contribution is 2.29. The number of halogens is 1. The average Bonchev–Trinajstić information content (AvgIpc) is 2.83. The Morgan fingerprint density at radius 3 is 2.45 bits per heavy atom. The molecule has 33 heavy (non-hydrogen) atoms. The third-order valence-corrected chi connectivity index (χ3v) is 4.81. The SMILES string of the molecule is CCOc1cc(C(=O)N/N=C/c2ccc(OCc3cccc(Cl)c3)c(OC)c2)ccc1OC. The molecule has 7 nitrogen and oxygen atoms in total. The van der Waals surface area contributed by atoms with Crippen LogP contribution in [0.5, 0.6) is 23.0 Å². The zero-order valence-corrected chi connectivity index (χ0v) is 19.4. The van der Waals surface area contributed by atoms with Crippen LogP contribution in [-0.2, 0) is 6.61 Å². The van der Waals surface area contributed by atoms with Crippen LogP contribution in [0.1, 0.15) is 28.4 Å². The van der Waals surface area contributed by atoms with Crippen molar-refractivity contribution in [1.29, 1.82) is 0 Å². The van der Waals surface area contributed by atoms with E-state index in [1.807, 2.05) is 37.3 Å². The molecular formula is C25H25ClN2O5. The van der Waals surface area contributed by atoms with Gasteiger partial charge >= 0.3 is 0 Å². The highest BCUT2D eigenvalue weighted by atomic mass is 35.5. The van der Waals surface area contributed by atoms with Crippen molar-refractivity contribution in [1.82, 2.24) is 5.43 Å². The van der Waals surface area contributed by atoms with Crippen LogP contribution in [0.25, 0.3) is 0 Å². The highest BCUT2D eigenvalue weighted by Gasteiger charge is 2.11. The first-order valence-corrected chi connectivity index (χ1v) is 10.6. The first kappa shape index (κ1) is 23.9. The normalized spacial score (nSPS) is 10.7. The molecule has 8 heteroatoms. The van der Waals surface area contributed by atoms with Crippen molar-refractivity contribution in [3.63, 3.8) is 0 Å².